The summed E-state index contributed by atoms with van der Waals surface area (Å²) >= 11 is 12.1. The van der Waals surface area contributed by atoms with Gasteiger partial charge < -0.3 is 15.0 Å². The molecule has 0 saturated carbocycles. The molecule has 1 atom stereocenters. The molecule has 0 aliphatic carbocycles. The van der Waals surface area contributed by atoms with Crippen molar-refractivity contribution in [2.24, 2.45) is 0 Å². The van der Waals surface area contributed by atoms with E-state index in [1.165, 1.54) is 0 Å². The fraction of sp³-hybridized carbons (Fsp3) is 0.417. The summed E-state index contributed by atoms with van der Waals surface area (Å²) in [4.78, 5) is 28.0. The lowest BCUT2D eigenvalue weighted by atomic mass is 10.0. The van der Waals surface area contributed by atoms with Crippen molar-refractivity contribution in [2.75, 3.05) is 7.11 Å². The van der Waals surface area contributed by atoms with Crippen molar-refractivity contribution in [2.45, 2.75) is 58.7 Å². The Morgan fingerprint density at radius 3 is 2.35 bits per heavy atom. The molecule has 0 fully saturated rings. The standard InChI is InChI=1S/C24H30Cl2N2O3/c1-6-21(23(30)27-24(2,3)4)28(15-17-8-7-9-18(12-17)31-5)22(29)14-16-10-11-19(25)20(26)13-16/h7-13,21H,6,14-15H2,1-5H3,(H,27,30)/t21-/m0/s1. The first kappa shape index (κ1) is 25.0. The van der Waals surface area contributed by atoms with Gasteiger partial charge in [0.25, 0.3) is 0 Å². The molecule has 168 valence electrons. The zero-order valence-corrected chi connectivity index (χ0v) is 20.2. The minimum atomic E-state index is -0.610. The topological polar surface area (TPSA) is 58.6 Å². The van der Waals surface area contributed by atoms with Crippen molar-refractivity contribution in [1.82, 2.24) is 10.2 Å². The summed E-state index contributed by atoms with van der Waals surface area (Å²) < 4.78 is 5.31. The van der Waals surface area contributed by atoms with Gasteiger partial charge in [-0.2, -0.15) is 0 Å². The number of hydrogen-bond acceptors (Lipinski definition) is 3. The van der Waals surface area contributed by atoms with Crippen LogP contribution in [0.3, 0.4) is 0 Å². The van der Waals surface area contributed by atoms with Gasteiger partial charge in [-0.1, -0.05) is 48.3 Å². The van der Waals surface area contributed by atoms with E-state index in [9.17, 15) is 9.59 Å². The van der Waals surface area contributed by atoms with Gasteiger partial charge in [0.05, 0.1) is 23.6 Å². The molecule has 2 aromatic rings. The summed E-state index contributed by atoms with van der Waals surface area (Å²) in [5, 5.41) is 3.82. The number of halogens is 2. The molecule has 0 radical (unpaired) electrons. The molecule has 0 spiro atoms. The van der Waals surface area contributed by atoms with E-state index in [-0.39, 0.29) is 24.8 Å². The van der Waals surface area contributed by atoms with E-state index in [1.807, 2.05) is 52.0 Å². The molecule has 1 N–H and O–H groups in total. The van der Waals surface area contributed by atoms with Crippen molar-refractivity contribution < 1.29 is 14.3 Å². The van der Waals surface area contributed by atoms with Crippen molar-refractivity contribution >= 4 is 35.0 Å². The molecule has 2 amide bonds. The smallest absolute Gasteiger partial charge is 0.243 e. The molecule has 2 aromatic carbocycles. The first-order valence-electron chi connectivity index (χ1n) is 10.2. The summed E-state index contributed by atoms with van der Waals surface area (Å²) in [6.07, 6.45) is 0.596. The number of rotatable bonds is 8. The lowest BCUT2D eigenvalue weighted by Crippen LogP contribution is -2.53. The first-order valence-corrected chi connectivity index (χ1v) is 11.0. The highest BCUT2D eigenvalue weighted by Gasteiger charge is 2.30. The highest BCUT2D eigenvalue weighted by molar-refractivity contribution is 6.42. The third-order valence-electron chi connectivity index (χ3n) is 4.71. The molecule has 5 nitrogen and oxygen atoms in total. The number of nitrogens with zero attached hydrogens (tertiary/aromatic N) is 1. The SMILES string of the molecule is CC[C@@H](C(=O)NC(C)(C)C)N(Cc1cccc(OC)c1)C(=O)Cc1ccc(Cl)c(Cl)c1. The van der Waals surface area contributed by atoms with E-state index in [0.717, 1.165) is 11.1 Å². The molecule has 0 aromatic heterocycles. The van der Waals surface area contributed by atoms with Crippen LogP contribution < -0.4 is 10.1 Å². The Morgan fingerprint density at radius 2 is 1.77 bits per heavy atom. The van der Waals surface area contributed by atoms with Gasteiger partial charge in [0.15, 0.2) is 0 Å². The summed E-state index contributed by atoms with van der Waals surface area (Å²) in [7, 11) is 1.60. The second-order valence-corrected chi connectivity index (χ2v) is 9.28. The highest BCUT2D eigenvalue weighted by Crippen LogP contribution is 2.24. The molecule has 0 aliphatic heterocycles. The quantitative estimate of drug-likeness (QED) is 0.578. The predicted octanol–water partition coefficient (Wildman–Crippen LogP) is 5.27. The van der Waals surface area contributed by atoms with Crippen molar-refractivity contribution in [1.29, 1.82) is 0 Å². The summed E-state index contributed by atoms with van der Waals surface area (Å²) in [6, 6.07) is 12.0. The molecule has 0 bridgehead atoms. The summed E-state index contributed by atoms with van der Waals surface area (Å²) in [6.45, 7) is 7.94. The van der Waals surface area contributed by atoms with E-state index in [4.69, 9.17) is 27.9 Å². The summed E-state index contributed by atoms with van der Waals surface area (Å²) in [5.41, 5.74) is 1.21. The van der Waals surface area contributed by atoms with Crippen molar-refractivity contribution in [3.63, 3.8) is 0 Å². The minimum absolute atomic E-state index is 0.111. The number of nitrogens with one attached hydrogen (secondary N) is 1. The Balaban J connectivity index is 2.35. The maximum absolute atomic E-state index is 13.4. The molecular formula is C24H30Cl2N2O3. The molecule has 0 saturated heterocycles. The van der Waals surface area contributed by atoms with E-state index in [1.54, 1.807) is 30.2 Å². The largest absolute Gasteiger partial charge is 0.497 e. The fourth-order valence-corrected chi connectivity index (χ4v) is 3.59. The van der Waals surface area contributed by atoms with Gasteiger partial charge >= 0.3 is 0 Å². The number of amides is 2. The van der Waals surface area contributed by atoms with Crippen LogP contribution in [0.1, 0.15) is 45.2 Å². The molecule has 31 heavy (non-hydrogen) atoms. The number of methoxy groups -OCH3 is 1. The third-order valence-corrected chi connectivity index (χ3v) is 5.45. The Hall–Kier alpha value is -2.24. The molecule has 0 aliphatic rings. The molecule has 2 rings (SSSR count). The molecule has 0 heterocycles. The van der Waals surface area contributed by atoms with Crippen LogP contribution >= 0.6 is 23.2 Å². The van der Waals surface area contributed by atoms with Gasteiger partial charge in [-0.15, -0.1) is 0 Å². The van der Waals surface area contributed by atoms with E-state index < -0.39 is 11.6 Å². The number of ether oxygens (including phenoxy) is 1. The van der Waals surface area contributed by atoms with Gasteiger partial charge in [0, 0.05) is 12.1 Å². The zero-order valence-electron chi connectivity index (χ0n) is 18.7. The zero-order chi connectivity index (χ0) is 23.2. The van der Waals surface area contributed by atoms with Crippen LogP contribution in [0.2, 0.25) is 10.0 Å². The van der Waals surface area contributed by atoms with Gasteiger partial charge in [0.2, 0.25) is 11.8 Å². The Labute approximate surface area is 194 Å². The van der Waals surface area contributed by atoms with Crippen LogP contribution in [0.15, 0.2) is 42.5 Å². The van der Waals surface area contributed by atoms with Gasteiger partial charge in [-0.05, 0) is 62.6 Å². The van der Waals surface area contributed by atoms with Gasteiger partial charge in [0.1, 0.15) is 11.8 Å². The third kappa shape index (κ3) is 7.44. The number of benzene rings is 2. The maximum atomic E-state index is 13.4. The Morgan fingerprint density at radius 1 is 1.06 bits per heavy atom. The van der Waals surface area contributed by atoms with E-state index in [2.05, 4.69) is 5.32 Å². The lowest BCUT2D eigenvalue weighted by molar-refractivity contribution is -0.141. The van der Waals surface area contributed by atoms with E-state index in [0.29, 0.717) is 22.2 Å². The van der Waals surface area contributed by atoms with Gasteiger partial charge in [-0.25, -0.2) is 0 Å². The average molecular weight is 465 g/mol. The normalized spacial score (nSPS) is 12.2. The lowest BCUT2D eigenvalue weighted by Gasteiger charge is -2.33. The van der Waals surface area contributed by atoms with Crippen LogP contribution in [0.4, 0.5) is 0 Å². The average Bonchev–Trinajstić information content (AvgIpc) is 2.69. The predicted molar refractivity (Wildman–Crippen MR) is 126 cm³/mol. The minimum Gasteiger partial charge on any atom is -0.497 e. The second-order valence-electron chi connectivity index (χ2n) is 8.46. The van der Waals surface area contributed by atoms with Crippen LogP contribution in [0.5, 0.6) is 5.75 Å². The number of hydrogen-bond donors (Lipinski definition) is 1. The molecule has 7 heteroatoms. The van der Waals surface area contributed by atoms with Crippen LogP contribution in [0, 0.1) is 0 Å². The van der Waals surface area contributed by atoms with Crippen molar-refractivity contribution in [3.05, 3.63) is 63.6 Å². The van der Waals surface area contributed by atoms with Crippen LogP contribution in [-0.2, 0) is 22.6 Å². The maximum Gasteiger partial charge on any atom is 0.243 e. The Kier molecular flexibility index (Phi) is 8.78. The van der Waals surface area contributed by atoms with Gasteiger partial charge in [-0.3, -0.25) is 9.59 Å². The first-order chi connectivity index (χ1) is 14.5. The number of carbonyl (C=O) groups excluding carboxylic acids is 2. The highest BCUT2D eigenvalue weighted by atomic mass is 35.5. The molecular weight excluding hydrogens is 435 g/mol. The van der Waals surface area contributed by atoms with Crippen molar-refractivity contribution in [3.8, 4) is 5.75 Å². The Bertz CT molecular complexity index is 925. The van der Waals surface area contributed by atoms with E-state index >= 15 is 0 Å². The molecule has 0 unspecified atom stereocenters. The monoisotopic (exact) mass is 464 g/mol. The summed E-state index contributed by atoms with van der Waals surface area (Å²) in [5.74, 6) is 0.346. The fourth-order valence-electron chi connectivity index (χ4n) is 3.27. The van der Waals surface area contributed by atoms with Crippen LogP contribution in [-0.4, -0.2) is 35.4 Å². The second kappa shape index (κ2) is 10.9. The number of carbonyl (C=O) groups is 2. The van der Waals surface area contributed by atoms with Crippen LogP contribution in [0.25, 0.3) is 0 Å².